The zero-order valence-electron chi connectivity index (χ0n) is 27.7. The Balaban J connectivity index is 0.000000347. The summed E-state index contributed by atoms with van der Waals surface area (Å²) in [6.45, 7) is 0.493. The van der Waals surface area contributed by atoms with Crippen molar-refractivity contribution in [2.75, 3.05) is 13.2 Å². The van der Waals surface area contributed by atoms with Crippen LogP contribution in [-0.4, -0.2) is 63.9 Å². The van der Waals surface area contributed by atoms with E-state index in [0.29, 0.717) is 44.1 Å². The van der Waals surface area contributed by atoms with Crippen molar-refractivity contribution >= 4 is 43.7 Å². The second-order valence-electron chi connectivity index (χ2n) is 10.8. The maximum Gasteiger partial charge on any atom is 2.00 e. The van der Waals surface area contributed by atoms with Gasteiger partial charge in [-0.25, -0.2) is 9.97 Å². The van der Waals surface area contributed by atoms with Crippen LogP contribution in [0.15, 0.2) is 83.1 Å². The summed E-state index contributed by atoms with van der Waals surface area (Å²) in [6.07, 6.45) is -8.84. The molecule has 0 aliphatic carbocycles. The van der Waals surface area contributed by atoms with Crippen LogP contribution < -0.4 is 34.3 Å². The molecule has 53 heavy (non-hydrogen) atoms. The van der Waals surface area contributed by atoms with Crippen molar-refractivity contribution in [2.45, 2.75) is 48.0 Å². The van der Waals surface area contributed by atoms with Crippen molar-refractivity contribution < 1.29 is 96.7 Å². The van der Waals surface area contributed by atoms with Crippen molar-refractivity contribution in [3.8, 4) is 11.5 Å². The van der Waals surface area contributed by atoms with Crippen LogP contribution in [0.3, 0.4) is 0 Å². The van der Waals surface area contributed by atoms with E-state index in [1.54, 1.807) is 26.0 Å². The SMILES string of the molecule is Cc1cc(OCC(F)(F)F)cc(CS(=O)c2nc3ccccc3[nH]2)n1.Cc1cc(OCC(F)(F)F)cc(CS(=O)c2nc3ccccc3[nH]2)n1.[Cl-].[Cl-].[Hg+2]. The molecule has 6 aromatic rings. The van der Waals surface area contributed by atoms with Gasteiger partial charge in [0.25, 0.3) is 0 Å². The fourth-order valence-corrected chi connectivity index (χ4v) is 6.48. The molecule has 6 rings (SSSR count). The fourth-order valence-electron chi connectivity index (χ4n) is 4.53. The second kappa shape index (κ2) is 19.8. The number of aryl methyl sites for hydroxylation is 2. The number of imidazole rings is 2. The molecule has 280 valence electrons. The van der Waals surface area contributed by atoms with E-state index in [2.05, 4.69) is 29.9 Å². The van der Waals surface area contributed by atoms with Crippen LogP contribution in [0.5, 0.6) is 11.5 Å². The molecule has 2 aromatic carbocycles. The van der Waals surface area contributed by atoms with Gasteiger partial charge in [-0.3, -0.25) is 18.4 Å². The van der Waals surface area contributed by atoms with Gasteiger partial charge in [0.05, 0.1) is 66.6 Å². The standard InChI is InChI=1S/2C16H14F3N3O2S.2ClH.Hg/c2*1-10-6-12(24-9-16(17,18)19)7-11(20-10)8-25(23)15-21-13-4-2-3-5-14(13)22-15;;;/h2*2-7H,8-9H2,1H3,(H,21,22);2*1H;/q;;;;+2/p-2. The minimum absolute atomic E-state index is 0. The first-order chi connectivity index (χ1) is 23.6. The molecule has 0 saturated heterocycles. The quantitative estimate of drug-likeness (QED) is 0.154. The molecule has 4 aromatic heterocycles. The van der Waals surface area contributed by atoms with E-state index in [0.717, 1.165) is 11.0 Å². The number of hydrogen-bond donors (Lipinski definition) is 2. The van der Waals surface area contributed by atoms with Crippen molar-refractivity contribution in [3.05, 3.63) is 95.6 Å². The maximum absolute atomic E-state index is 12.5. The van der Waals surface area contributed by atoms with Crippen LogP contribution in [0, 0.1) is 13.8 Å². The number of benzene rings is 2. The van der Waals surface area contributed by atoms with Gasteiger partial charge in [-0.05, 0) is 38.1 Å². The first kappa shape index (κ1) is 45.8. The number of alkyl halides is 6. The molecule has 2 atom stereocenters. The molecule has 0 aliphatic heterocycles. The number of aromatic nitrogens is 6. The molecular weight excluding hydrogens is 982 g/mol. The van der Waals surface area contributed by atoms with Crippen LogP contribution >= 0.6 is 0 Å². The Hall–Kier alpha value is -3.32. The van der Waals surface area contributed by atoms with Gasteiger partial charge in [-0.2, -0.15) is 26.3 Å². The summed E-state index contributed by atoms with van der Waals surface area (Å²) in [4.78, 5) is 22.9. The number of H-pyrrole nitrogens is 2. The normalized spacial score (nSPS) is 12.4. The molecule has 10 nitrogen and oxygen atoms in total. The van der Waals surface area contributed by atoms with E-state index in [1.165, 1.54) is 24.3 Å². The molecule has 0 spiro atoms. The van der Waals surface area contributed by atoms with Gasteiger partial charge in [-0.15, -0.1) is 0 Å². The average Bonchev–Trinajstić information content (AvgIpc) is 3.67. The molecule has 4 heterocycles. The summed E-state index contributed by atoms with van der Waals surface area (Å²) in [7, 11) is -3.02. The third-order valence-electron chi connectivity index (χ3n) is 6.49. The number of fused-ring (bicyclic) bond motifs is 2. The summed E-state index contributed by atoms with van der Waals surface area (Å²) in [5.41, 5.74) is 4.61. The minimum atomic E-state index is -4.42. The molecule has 0 bridgehead atoms. The topological polar surface area (TPSA) is 136 Å². The van der Waals surface area contributed by atoms with Crippen LogP contribution in [0.1, 0.15) is 22.8 Å². The Bertz CT molecular complexity index is 1950. The number of nitrogens with zero attached hydrogens (tertiary/aromatic N) is 4. The number of halogens is 8. The predicted molar refractivity (Wildman–Crippen MR) is 173 cm³/mol. The van der Waals surface area contributed by atoms with Gasteiger partial charge >= 0.3 is 40.0 Å². The molecule has 21 heteroatoms. The maximum atomic E-state index is 12.5. The summed E-state index contributed by atoms with van der Waals surface area (Å²) >= 11 is 0. The van der Waals surface area contributed by atoms with E-state index >= 15 is 0 Å². The van der Waals surface area contributed by atoms with Gasteiger partial charge in [0.1, 0.15) is 11.5 Å². The third kappa shape index (κ3) is 14.1. The molecule has 0 fully saturated rings. The van der Waals surface area contributed by atoms with E-state index in [1.807, 2.05) is 36.4 Å². The summed E-state index contributed by atoms with van der Waals surface area (Å²) < 4.78 is 108. The summed E-state index contributed by atoms with van der Waals surface area (Å²) in [6, 6.07) is 20.1. The first-order valence-electron chi connectivity index (χ1n) is 14.6. The van der Waals surface area contributed by atoms with E-state index in [-0.39, 0.29) is 75.5 Å². The van der Waals surface area contributed by atoms with Crippen LogP contribution in [0.4, 0.5) is 26.3 Å². The number of hydrogen-bond acceptors (Lipinski definition) is 8. The Labute approximate surface area is 336 Å². The third-order valence-corrected chi connectivity index (χ3v) is 8.85. The average molecular weight is 1010 g/mol. The predicted octanol–water partition coefficient (Wildman–Crippen LogP) is 1.04. The number of nitrogens with one attached hydrogen (secondary N) is 2. The number of aromatic amines is 2. The van der Waals surface area contributed by atoms with E-state index in [9.17, 15) is 34.8 Å². The largest absolute Gasteiger partial charge is 2.00 e. The van der Waals surface area contributed by atoms with Crippen molar-refractivity contribution in [2.24, 2.45) is 0 Å². The van der Waals surface area contributed by atoms with Crippen molar-refractivity contribution in [1.82, 2.24) is 29.9 Å². The summed E-state index contributed by atoms with van der Waals surface area (Å²) in [5, 5.41) is 0.588. The Morgan fingerprint density at radius 3 is 1.30 bits per heavy atom. The first-order valence-corrected chi connectivity index (χ1v) is 17.2. The molecule has 0 aliphatic rings. The van der Waals surface area contributed by atoms with Gasteiger partial charge in [0.15, 0.2) is 23.5 Å². The Morgan fingerprint density at radius 2 is 0.962 bits per heavy atom. The Morgan fingerprint density at radius 1 is 0.604 bits per heavy atom. The van der Waals surface area contributed by atoms with Crippen LogP contribution in [0.25, 0.3) is 22.1 Å². The zero-order valence-corrected chi connectivity index (χ0v) is 36.4. The van der Waals surface area contributed by atoms with Crippen molar-refractivity contribution in [1.29, 1.82) is 0 Å². The van der Waals surface area contributed by atoms with Gasteiger partial charge < -0.3 is 44.3 Å². The Kier molecular flexibility index (Phi) is 17.2. The molecule has 0 amide bonds. The smallest absolute Gasteiger partial charge is 1.00 e. The summed E-state index contributed by atoms with van der Waals surface area (Å²) in [5.74, 6) is 0.121. The van der Waals surface area contributed by atoms with E-state index < -0.39 is 47.2 Å². The molecule has 2 N–H and O–H groups in total. The zero-order chi connectivity index (χ0) is 36.1. The van der Waals surface area contributed by atoms with Crippen LogP contribution in [-0.2, 0) is 60.8 Å². The number of rotatable bonds is 10. The van der Waals surface area contributed by atoms with Gasteiger partial charge in [-0.1, -0.05) is 24.3 Å². The molecule has 2 unspecified atom stereocenters. The van der Waals surface area contributed by atoms with E-state index in [4.69, 9.17) is 9.47 Å². The minimum Gasteiger partial charge on any atom is -1.00 e. The molecule has 0 radical (unpaired) electrons. The van der Waals surface area contributed by atoms with Gasteiger partial charge in [0.2, 0.25) is 0 Å². The number of ether oxygens (including phenoxy) is 2. The second-order valence-corrected chi connectivity index (χ2v) is 13.5. The molecular formula is C32H28Cl2F6HgN6O4S2. The van der Waals surface area contributed by atoms with Gasteiger partial charge in [0, 0.05) is 35.7 Å². The van der Waals surface area contributed by atoms with Crippen LogP contribution in [0.2, 0.25) is 0 Å². The monoisotopic (exact) mass is 1010 g/mol. The fraction of sp³-hybridized carbons (Fsp3) is 0.250. The number of para-hydroxylation sites is 4. The van der Waals surface area contributed by atoms with Crippen molar-refractivity contribution in [3.63, 3.8) is 0 Å². The molecule has 0 saturated carbocycles. The number of pyridine rings is 2.